The lowest BCUT2D eigenvalue weighted by Crippen LogP contribution is -2.49. The summed E-state index contributed by atoms with van der Waals surface area (Å²) in [5.74, 6) is 1.50. The highest BCUT2D eigenvalue weighted by atomic mass is 35.5. The minimum atomic E-state index is 0.0862. The largest absolute Gasteiger partial charge is 0.352 e. The molecule has 0 bridgehead atoms. The van der Waals surface area contributed by atoms with Crippen molar-refractivity contribution in [1.82, 2.24) is 25.1 Å². The summed E-state index contributed by atoms with van der Waals surface area (Å²) in [6.07, 6.45) is 3.73. The Morgan fingerprint density at radius 1 is 1.12 bits per heavy atom. The van der Waals surface area contributed by atoms with E-state index in [0.717, 1.165) is 24.5 Å². The third-order valence-corrected chi connectivity index (χ3v) is 4.22. The third-order valence-electron chi connectivity index (χ3n) is 4.02. The van der Waals surface area contributed by atoms with Crippen molar-refractivity contribution in [3.63, 3.8) is 0 Å². The maximum Gasteiger partial charge on any atom is 0.227 e. The quantitative estimate of drug-likeness (QED) is 0.799. The van der Waals surface area contributed by atoms with Gasteiger partial charge in [0.1, 0.15) is 0 Å². The normalized spacial score (nSPS) is 14.5. The molecular weight excluding hydrogens is 342 g/mol. The molecule has 2 aromatic rings. The number of nitrogens with zero attached hydrogens (tertiary/aromatic N) is 7. The Morgan fingerprint density at radius 2 is 1.80 bits per heavy atom. The van der Waals surface area contributed by atoms with Gasteiger partial charge in [-0.3, -0.25) is 4.79 Å². The molecule has 0 spiro atoms. The summed E-state index contributed by atoms with van der Waals surface area (Å²) >= 11 is 5.76. The van der Waals surface area contributed by atoms with Crippen LogP contribution in [0.1, 0.15) is 5.56 Å². The molecule has 8 nitrogen and oxygen atoms in total. The summed E-state index contributed by atoms with van der Waals surface area (Å²) in [4.78, 5) is 26.7. The fourth-order valence-electron chi connectivity index (χ4n) is 2.62. The van der Waals surface area contributed by atoms with Gasteiger partial charge in [0.05, 0.1) is 6.42 Å². The van der Waals surface area contributed by atoms with E-state index in [4.69, 9.17) is 11.6 Å². The summed E-state index contributed by atoms with van der Waals surface area (Å²) < 4.78 is 0. The molecule has 0 aromatic carbocycles. The highest BCUT2D eigenvalue weighted by Gasteiger charge is 2.22. The first-order valence-electron chi connectivity index (χ1n) is 8.03. The molecule has 25 heavy (non-hydrogen) atoms. The van der Waals surface area contributed by atoms with Crippen LogP contribution in [0.5, 0.6) is 0 Å². The lowest BCUT2D eigenvalue weighted by molar-refractivity contribution is -0.130. The van der Waals surface area contributed by atoms with E-state index in [-0.39, 0.29) is 5.91 Å². The molecule has 0 saturated carbocycles. The Balaban J connectivity index is 1.53. The second kappa shape index (κ2) is 7.60. The van der Waals surface area contributed by atoms with Crippen LogP contribution in [0, 0.1) is 0 Å². The van der Waals surface area contributed by atoms with E-state index >= 15 is 0 Å². The molecule has 3 rings (SSSR count). The number of hydrogen-bond donors (Lipinski definition) is 0. The molecular formula is C16H20ClN7O. The summed E-state index contributed by atoms with van der Waals surface area (Å²) in [6, 6.07) is 3.56. The molecule has 0 aliphatic carbocycles. The monoisotopic (exact) mass is 361 g/mol. The number of carbonyl (C=O) groups is 1. The van der Waals surface area contributed by atoms with Crippen LogP contribution in [0.25, 0.3) is 0 Å². The fourth-order valence-corrected chi connectivity index (χ4v) is 2.72. The summed E-state index contributed by atoms with van der Waals surface area (Å²) in [7, 11) is 3.76. The summed E-state index contributed by atoms with van der Waals surface area (Å²) in [6.45, 7) is 2.75. The molecule has 1 aliphatic rings. The molecule has 9 heteroatoms. The van der Waals surface area contributed by atoms with E-state index in [1.165, 1.54) is 0 Å². The first-order valence-corrected chi connectivity index (χ1v) is 8.41. The van der Waals surface area contributed by atoms with Crippen LogP contribution < -0.4 is 9.80 Å². The molecule has 1 fully saturated rings. The summed E-state index contributed by atoms with van der Waals surface area (Å²) in [5.41, 5.74) is 0.821. The Kier molecular flexibility index (Phi) is 5.28. The Bertz CT molecular complexity index is 712. The Hall–Kier alpha value is -2.48. The van der Waals surface area contributed by atoms with Gasteiger partial charge in [0.25, 0.3) is 0 Å². The van der Waals surface area contributed by atoms with Gasteiger partial charge in [-0.1, -0.05) is 11.6 Å². The van der Waals surface area contributed by atoms with Crippen LogP contribution in [0.15, 0.2) is 24.5 Å². The molecule has 2 aromatic heterocycles. The molecule has 0 radical (unpaired) electrons. The standard InChI is InChI=1S/C16H20ClN7O/c1-22(2)16-18-10-12(11-19-16)9-15(25)24-7-5-23(6-8-24)14-4-3-13(17)20-21-14/h3-4,10-11H,5-9H2,1-2H3. The van der Waals surface area contributed by atoms with Crippen LogP contribution >= 0.6 is 11.6 Å². The zero-order valence-corrected chi connectivity index (χ0v) is 15.0. The van der Waals surface area contributed by atoms with Gasteiger partial charge in [-0.2, -0.15) is 0 Å². The van der Waals surface area contributed by atoms with E-state index in [9.17, 15) is 4.79 Å². The minimum absolute atomic E-state index is 0.0862. The predicted octanol–water partition coefficient (Wildman–Crippen LogP) is 0.877. The number of anilines is 2. The molecule has 0 unspecified atom stereocenters. The van der Waals surface area contributed by atoms with Gasteiger partial charge in [0.2, 0.25) is 11.9 Å². The van der Waals surface area contributed by atoms with Crippen molar-refractivity contribution in [2.75, 3.05) is 50.1 Å². The van der Waals surface area contributed by atoms with Crippen molar-refractivity contribution in [3.05, 3.63) is 35.2 Å². The minimum Gasteiger partial charge on any atom is -0.352 e. The first kappa shape index (κ1) is 17.3. The second-order valence-electron chi connectivity index (χ2n) is 6.04. The maximum atomic E-state index is 12.5. The zero-order valence-electron chi connectivity index (χ0n) is 14.3. The lowest BCUT2D eigenvalue weighted by atomic mass is 10.2. The topological polar surface area (TPSA) is 78.4 Å². The fraction of sp³-hybridized carbons (Fsp3) is 0.438. The molecule has 0 N–H and O–H groups in total. The molecule has 1 saturated heterocycles. The zero-order chi connectivity index (χ0) is 17.8. The SMILES string of the molecule is CN(C)c1ncc(CC(=O)N2CCN(c3ccc(Cl)nn3)CC2)cn1. The van der Waals surface area contributed by atoms with E-state index < -0.39 is 0 Å². The van der Waals surface area contributed by atoms with Crippen molar-refractivity contribution < 1.29 is 4.79 Å². The van der Waals surface area contributed by atoms with Gasteiger partial charge < -0.3 is 14.7 Å². The van der Waals surface area contributed by atoms with E-state index in [0.29, 0.717) is 30.6 Å². The third kappa shape index (κ3) is 4.33. The maximum absolute atomic E-state index is 12.5. The molecule has 0 atom stereocenters. The van der Waals surface area contributed by atoms with Crippen LogP contribution in [-0.4, -0.2) is 71.2 Å². The molecule has 3 heterocycles. The smallest absolute Gasteiger partial charge is 0.227 e. The first-order chi connectivity index (χ1) is 12.0. The Labute approximate surface area is 151 Å². The van der Waals surface area contributed by atoms with E-state index in [1.54, 1.807) is 18.5 Å². The number of carbonyl (C=O) groups excluding carboxylic acids is 1. The van der Waals surface area contributed by atoms with Gasteiger partial charge in [-0.15, -0.1) is 10.2 Å². The Morgan fingerprint density at radius 3 is 2.36 bits per heavy atom. The van der Waals surface area contributed by atoms with Crippen LogP contribution in [0.3, 0.4) is 0 Å². The van der Waals surface area contributed by atoms with Crippen LogP contribution in [0.4, 0.5) is 11.8 Å². The highest BCUT2D eigenvalue weighted by Crippen LogP contribution is 2.15. The lowest BCUT2D eigenvalue weighted by Gasteiger charge is -2.35. The van der Waals surface area contributed by atoms with Gasteiger partial charge in [0, 0.05) is 52.7 Å². The number of aromatic nitrogens is 4. The van der Waals surface area contributed by atoms with Crippen molar-refractivity contribution in [3.8, 4) is 0 Å². The van der Waals surface area contributed by atoms with Crippen LogP contribution in [-0.2, 0) is 11.2 Å². The highest BCUT2D eigenvalue weighted by molar-refractivity contribution is 6.29. The number of hydrogen-bond acceptors (Lipinski definition) is 7. The van der Waals surface area contributed by atoms with Crippen molar-refractivity contribution in [2.45, 2.75) is 6.42 Å². The van der Waals surface area contributed by atoms with E-state index in [1.807, 2.05) is 30.0 Å². The molecule has 1 aliphatic heterocycles. The predicted molar refractivity (Wildman–Crippen MR) is 95.9 cm³/mol. The average Bonchev–Trinajstić information content (AvgIpc) is 2.63. The second-order valence-corrected chi connectivity index (χ2v) is 6.43. The molecule has 1 amide bonds. The van der Waals surface area contributed by atoms with Gasteiger partial charge in [-0.25, -0.2) is 9.97 Å². The van der Waals surface area contributed by atoms with Gasteiger partial charge in [0.15, 0.2) is 11.0 Å². The average molecular weight is 362 g/mol. The van der Waals surface area contributed by atoms with Gasteiger partial charge >= 0.3 is 0 Å². The molecule has 132 valence electrons. The van der Waals surface area contributed by atoms with Gasteiger partial charge in [-0.05, 0) is 17.7 Å². The van der Waals surface area contributed by atoms with Crippen molar-refractivity contribution in [2.24, 2.45) is 0 Å². The van der Waals surface area contributed by atoms with E-state index in [2.05, 4.69) is 25.1 Å². The summed E-state index contributed by atoms with van der Waals surface area (Å²) in [5, 5.41) is 8.32. The van der Waals surface area contributed by atoms with Crippen molar-refractivity contribution >= 4 is 29.3 Å². The number of amides is 1. The number of piperazine rings is 1. The number of halogens is 1. The van der Waals surface area contributed by atoms with Crippen LogP contribution in [0.2, 0.25) is 5.15 Å². The van der Waals surface area contributed by atoms with Crippen molar-refractivity contribution in [1.29, 1.82) is 0 Å². The number of rotatable bonds is 4.